The number of likely N-dealkylation sites (N-methyl/N-ethyl adjacent to an activating group) is 1. The molecule has 6 nitrogen and oxygen atoms in total. The molecule has 7 heteroatoms. The van der Waals surface area contributed by atoms with Gasteiger partial charge >= 0.3 is 0 Å². The van der Waals surface area contributed by atoms with Crippen LogP contribution in [0.1, 0.15) is 6.92 Å². The summed E-state index contributed by atoms with van der Waals surface area (Å²) >= 11 is 0. The number of nitrogens with one attached hydrogen (secondary N) is 3. The molecule has 0 aliphatic rings. The van der Waals surface area contributed by atoms with Crippen LogP contribution in [0, 0.1) is 0 Å². The third-order valence-electron chi connectivity index (χ3n) is 1.81. The minimum absolute atomic E-state index is 0.105. The van der Waals surface area contributed by atoms with Gasteiger partial charge in [-0.3, -0.25) is 4.79 Å². The van der Waals surface area contributed by atoms with Gasteiger partial charge in [0, 0.05) is 6.54 Å². The van der Waals surface area contributed by atoms with E-state index in [4.69, 9.17) is 0 Å². The number of amides is 1. The zero-order valence-electron chi connectivity index (χ0n) is 8.62. The maximum absolute atomic E-state index is 11.2. The summed E-state index contributed by atoms with van der Waals surface area (Å²) in [5.41, 5.74) is 0. The molecule has 0 rings (SSSR count). The molecule has 0 aromatic heterocycles. The van der Waals surface area contributed by atoms with Gasteiger partial charge in [0.05, 0.1) is 11.8 Å². The molecule has 14 heavy (non-hydrogen) atoms. The minimum atomic E-state index is -3.23. The van der Waals surface area contributed by atoms with Gasteiger partial charge in [-0.1, -0.05) is 0 Å². The number of hydrogen-bond acceptors (Lipinski definition) is 4. The maximum atomic E-state index is 11.2. The van der Waals surface area contributed by atoms with Gasteiger partial charge < -0.3 is 10.6 Å². The van der Waals surface area contributed by atoms with Gasteiger partial charge in [0.1, 0.15) is 0 Å². The number of hydrogen-bond donors (Lipinski definition) is 3. The highest BCUT2D eigenvalue weighted by Gasteiger charge is 2.11. The average molecular weight is 223 g/mol. The molecule has 0 saturated carbocycles. The molecule has 0 aromatic rings. The largest absolute Gasteiger partial charge is 0.354 e. The third kappa shape index (κ3) is 5.15. The molecule has 0 radical (unpaired) electrons. The van der Waals surface area contributed by atoms with Gasteiger partial charge in [0.2, 0.25) is 15.9 Å². The molecule has 0 aliphatic carbocycles. The van der Waals surface area contributed by atoms with Gasteiger partial charge in [0.25, 0.3) is 0 Å². The molecule has 0 bridgehead atoms. The molecule has 0 aliphatic heterocycles. The van der Waals surface area contributed by atoms with E-state index in [1.807, 2.05) is 0 Å². The molecular weight excluding hydrogens is 206 g/mol. The monoisotopic (exact) mass is 223 g/mol. The van der Waals surface area contributed by atoms with E-state index in [9.17, 15) is 13.2 Å². The fourth-order valence-corrected chi connectivity index (χ4v) is 1.27. The normalized spacial score (nSPS) is 13.6. The molecule has 0 spiro atoms. The summed E-state index contributed by atoms with van der Waals surface area (Å²) in [6, 6.07) is -0.313. The van der Waals surface area contributed by atoms with Gasteiger partial charge in [-0.15, -0.1) is 0 Å². The molecule has 0 fully saturated rings. The summed E-state index contributed by atoms with van der Waals surface area (Å²) < 4.78 is 24.0. The summed E-state index contributed by atoms with van der Waals surface area (Å²) in [5, 5.41) is 5.25. The Morgan fingerprint density at radius 2 is 1.93 bits per heavy atom. The number of carbonyl (C=O) groups excluding carboxylic acids is 1. The Kier molecular flexibility index (Phi) is 5.66. The zero-order chi connectivity index (χ0) is 11.2. The first-order valence-corrected chi connectivity index (χ1v) is 5.94. The van der Waals surface area contributed by atoms with Gasteiger partial charge in [-0.2, -0.15) is 0 Å². The van der Waals surface area contributed by atoms with Crippen molar-refractivity contribution in [3.8, 4) is 0 Å². The van der Waals surface area contributed by atoms with Crippen LogP contribution < -0.4 is 15.4 Å². The van der Waals surface area contributed by atoms with E-state index in [1.165, 1.54) is 7.05 Å². The first kappa shape index (κ1) is 13.3. The Labute approximate surface area is 84.5 Å². The second-order valence-electron chi connectivity index (χ2n) is 2.82. The van der Waals surface area contributed by atoms with Gasteiger partial charge in [-0.05, 0) is 21.0 Å². The van der Waals surface area contributed by atoms with E-state index in [1.54, 1.807) is 14.0 Å². The molecule has 0 aromatic carbocycles. The number of rotatable bonds is 6. The number of carbonyl (C=O) groups is 1. The molecule has 0 heterocycles. The first-order chi connectivity index (χ1) is 6.43. The summed E-state index contributed by atoms with van der Waals surface area (Å²) in [5.74, 6) is -0.315. The standard InChI is InChI=1S/C7H17N3O3S/c1-6(8-2)7(11)10-4-5-14(12,13)9-3/h6,8-9H,4-5H2,1-3H3,(H,10,11). The van der Waals surface area contributed by atoms with Crippen molar-refractivity contribution in [1.29, 1.82) is 0 Å². The van der Waals surface area contributed by atoms with Crippen molar-refractivity contribution in [3.63, 3.8) is 0 Å². The van der Waals surface area contributed by atoms with Crippen molar-refractivity contribution in [2.75, 3.05) is 26.4 Å². The van der Waals surface area contributed by atoms with Crippen LogP contribution in [0.25, 0.3) is 0 Å². The SMILES string of the molecule is CNC(C)C(=O)NCCS(=O)(=O)NC. The predicted octanol–water partition coefficient (Wildman–Crippen LogP) is -1.74. The van der Waals surface area contributed by atoms with E-state index in [0.29, 0.717) is 0 Å². The Bertz CT molecular complexity index is 276. The van der Waals surface area contributed by atoms with Gasteiger partial charge in [-0.25, -0.2) is 13.1 Å². The molecule has 0 saturated heterocycles. The van der Waals surface area contributed by atoms with Crippen LogP contribution in [0.2, 0.25) is 0 Å². The highest BCUT2D eigenvalue weighted by molar-refractivity contribution is 7.89. The zero-order valence-corrected chi connectivity index (χ0v) is 9.44. The predicted molar refractivity (Wildman–Crippen MR) is 54.4 cm³/mol. The summed E-state index contributed by atoms with van der Waals surface area (Å²) in [7, 11) is -0.231. The van der Waals surface area contributed by atoms with Crippen LogP contribution in [0.4, 0.5) is 0 Å². The lowest BCUT2D eigenvalue weighted by atomic mass is 10.3. The van der Waals surface area contributed by atoms with Crippen LogP contribution in [0.3, 0.4) is 0 Å². The highest BCUT2D eigenvalue weighted by Crippen LogP contribution is 1.82. The number of sulfonamides is 1. The van der Waals surface area contributed by atoms with E-state index in [0.717, 1.165) is 0 Å². The van der Waals surface area contributed by atoms with E-state index >= 15 is 0 Å². The quantitative estimate of drug-likeness (QED) is 0.499. The molecular formula is C7H17N3O3S. The van der Waals surface area contributed by atoms with Crippen LogP contribution in [0.15, 0.2) is 0 Å². The fraction of sp³-hybridized carbons (Fsp3) is 0.857. The van der Waals surface area contributed by atoms with Crippen LogP contribution in [0.5, 0.6) is 0 Å². The second-order valence-corrected chi connectivity index (χ2v) is 4.87. The van der Waals surface area contributed by atoms with Crippen LogP contribution >= 0.6 is 0 Å². The molecule has 1 atom stereocenters. The molecule has 3 N–H and O–H groups in total. The van der Waals surface area contributed by atoms with Crippen molar-refractivity contribution in [3.05, 3.63) is 0 Å². The van der Waals surface area contributed by atoms with Crippen molar-refractivity contribution in [2.24, 2.45) is 0 Å². The minimum Gasteiger partial charge on any atom is -0.354 e. The van der Waals surface area contributed by atoms with Crippen molar-refractivity contribution >= 4 is 15.9 Å². The average Bonchev–Trinajstić information content (AvgIpc) is 2.16. The maximum Gasteiger partial charge on any atom is 0.236 e. The van der Waals surface area contributed by atoms with E-state index in [2.05, 4.69) is 15.4 Å². The van der Waals surface area contributed by atoms with Crippen LogP contribution in [-0.4, -0.2) is 46.8 Å². The topological polar surface area (TPSA) is 87.3 Å². The Hall–Kier alpha value is -0.660. The Morgan fingerprint density at radius 1 is 1.36 bits per heavy atom. The lowest BCUT2D eigenvalue weighted by molar-refractivity contribution is -0.122. The highest BCUT2D eigenvalue weighted by atomic mass is 32.2. The second kappa shape index (κ2) is 5.94. The summed E-state index contributed by atoms with van der Waals surface area (Å²) in [6.45, 7) is 1.82. The smallest absolute Gasteiger partial charge is 0.236 e. The van der Waals surface area contributed by atoms with Crippen LogP contribution in [-0.2, 0) is 14.8 Å². The summed E-state index contributed by atoms with van der Waals surface area (Å²) in [4.78, 5) is 11.2. The Balaban J connectivity index is 3.81. The first-order valence-electron chi connectivity index (χ1n) is 4.29. The van der Waals surface area contributed by atoms with Crippen molar-refractivity contribution in [1.82, 2.24) is 15.4 Å². The molecule has 84 valence electrons. The molecule has 1 unspecified atom stereocenters. The van der Waals surface area contributed by atoms with Crippen molar-refractivity contribution in [2.45, 2.75) is 13.0 Å². The summed E-state index contributed by atoms with van der Waals surface area (Å²) in [6.07, 6.45) is 0. The van der Waals surface area contributed by atoms with Crippen molar-refractivity contribution < 1.29 is 13.2 Å². The fourth-order valence-electron chi connectivity index (χ4n) is 0.695. The lowest BCUT2D eigenvalue weighted by Gasteiger charge is -2.10. The molecule has 1 amide bonds. The third-order valence-corrected chi connectivity index (χ3v) is 3.17. The lowest BCUT2D eigenvalue weighted by Crippen LogP contribution is -2.42. The van der Waals surface area contributed by atoms with Gasteiger partial charge in [0.15, 0.2) is 0 Å². The van der Waals surface area contributed by atoms with E-state index < -0.39 is 10.0 Å². The Morgan fingerprint density at radius 3 is 2.36 bits per heavy atom. The van der Waals surface area contributed by atoms with E-state index in [-0.39, 0.29) is 24.2 Å².